The van der Waals surface area contributed by atoms with Gasteiger partial charge in [-0.1, -0.05) is 23.9 Å². The zero-order valence-electron chi connectivity index (χ0n) is 11.4. The van der Waals surface area contributed by atoms with Crippen LogP contribution in [0.3, 0.4) is 0 Å². The van der Waals surface area contributed by atoms with E-state index in [1.54, 1.807) is 37.6 Å². The van der Waals surface area contributed by atoms with Crippen molar-refractivity contribution in [3.8, 4) is 17.3 Å². The van der Waals surface area contributed by atoms with Crippen LogP contribution in [0.5, 0.6) is 0 Å². The van der Waals surface area contributed by atoms with Crippen molar-refractivity contribution in [1.29, 1.82) is 5.26 Å². The summed E-state index contributed by atoms with van der Waals surface area (Å²) in [5.74, 6) is -0.203. The minimum atomic E-state index is -0.470. The molecule has 1 aromatic heterocycles. The standard InChI is InChI=1S/C14H12N4O2S/c1-16-12(19)9-5-3-8(4-6-9)11-10(7-15)13(20)18-14(17-11)21-2/h3-6H,1-2H3,(H,16,19)(H,17,18,20). The van der Waals surface area contributed by atoms with Gasteiger partial charge in [-0.3, -0.25) is 9.59 Å². The molecule has 1 amide bonds. The van der Waals surface area contributed by atoms with E-state index < -0.39 is 5.56 Å². The Morgan fingerprint density at radius 3 is 2.57 bits per heavy atom. The molecule has 2 rings (SSSR count). The van der Waals surface area contributed by atoms with Crippen molar-refractivity contribution in [1.82, 2.24) is 15.3 Å². The molecule has 0 unspecified atom stereocenters. The van der Waals surface area contributed by atoms with E-state index in [1.165, 1.54) is 11.8 Å². The molecule has 0 fully saturated rings. The molecule has 0 aliphatic carbocycles. The largest absolute Gasteiger partial charge is 0.355 e. The molecule has 1 aromatic carbocycles. The topological polar surface area (TPSA) is 98.6 Å². The molecule has 7 heteroatoms. The second-order valence-corrected chi connectivity index (χ2v) is 4.86. The molecule has 21 heavy (non-hydrogen) atoms. The summed E-state index contributed by atoms with van der Waals surface area (Å²) in [6.07, 6.45) is 1.78. The van der Waals surface area contributed by atoms with Crippen LogP contribution in [0.1, 0.15) is 15.9 Å². The number of nitrogens with one attached hydrogen (secondary N) is 2. The molecule has 2 aromatic rings. The number of hydrogen-bond acceptors (Lipinski definition) is 5. The van der Waals surface area contributed by atoms with Crippen molar-refractivity contribution in [3.63, 3.8) is 0 Å². The Morgan fingerprint density at radius 1 is 1.38 bits per heavy atom. The predicted molar refractivity (Wildman–Crippen MR) is 80.2 cm³/mol. The quantitative estimate of drug-likeness (QED) is 0.659. The third kappa shape index (κ3) is 2.95. The highest BCUT2D eigenvalue weighted by atomic mass is 32.2. The Labute approximate surface area is 125 Å². The van der Waals surface area contributed by atoms with E-state index in [-0.39, 0.29) is 11.5 Å². The Bertz CT molecular complexity index is 775. The van der Waals surface area contributed by atoms with Crippen LogP contribution >= 0.6 is 11.8 Å². The minimum absolute atomic E-state index is 0.0412. The van der Waals surface area contributed by atoms with Gasteiger partial charge in [-0.25, -0.2) is 4.98 Å². The fourth-order valence-electron chi connectivity index (χ4n) is 1.79. The molecule has 0 radical (unpaired) electrons. The number of aromatic amines is 1. The zero-order valence-corrected chi connectivity index (χ0v) is 12.2. The summed E-state index contributed by atoms with van der Waals surface area (Å²) in [6.45, 7) is 0. The van der Waals surface area contributed by atoms with Crippen LogP contribution in [0.2, 0.25) is 0 Å². The highest BCUT2D eigenvalue weighted by Gasteiger charge is 2.13. The van der Waals surface area contributed by atoms with Crippen LogP contribution in [0, 0.1) is 11.3 Å². The number of carbonyl (C=O) groups excluding carboxylic acids is 1. The van der Waals surface area contributed by atoms with Crippen LogP contribution in [-0.4, -0.2) is 29.2 Å². The molecule has 0 spiro atoms. The molecule has 0 aliphatic heterocycles. The van der Waals surface area contributed by atoms with Gasteiger partial charge in [0.2, 0.25) is 0 Å². The SMILES string of the molecule is CNC(=O)c1ccc(-c2nc(SC)[nH]c(=O)c2C#N)cc1. The summed E-state index contributed by atoms with van der Waals surface area (Å²) >= 11 is 1.28. The third-order valence-corrected chi connectivity index (χ3v) is 3.43. The number of thioether (sulfide) groups is 1. The smallest absolute Gasteiger partial charge is 0.270 e. The maximum Gasteiger partial charge on any atom is 0.270 e. The summed E-state index contributed by atoms with van der Waals surface area (Å²) in [5, 5.41) is 12.1. The average molecular weight is 300 g/mol. The summed E-state index contributed by atoms with van der Waals surface area (Å²) in [5.41, 5.74) is 0.909. The van der Waals surface area contributed by atoms with Crippen molar-refractivity contribution >= 4 is 17.7 Å². The van der Waals surface area contributed by atoms with Gasteiger partial charge in [0.15, 0.2) is 5.16 Å². The van der Waals surface area contributed by atoms with Gasteiger partial charge in [0.1, 0.15) is 11.6 Å². The van der Waals surface area contributed by atoms with E-state index in [0.29, 0.717) is 22.0 Å². The first-order valence-corrected chi connectivity index (χ1v) is 7.24. The van der Waals surface area contributed by atoms with E-state index in [1.807, 2.05) is 6.07 Å². The van der Waals surface area contributed by atoms with Crippen LogP contribution in [0.4, 0.5) is 0 Å². The van der Waals surface area contributed by atoms with E-state index in [2.05, 4.69) is 15.3 Å². The molecule has 0 atom stereocenters. The molecule has 0 saturated carbocycles. The Kier molecular flexibility index (Phi) is 4.40. The molecule has 0 aliphatic rings. The summed E-state index contributed by atoms with van der Waals surface area (Å²) in [4.78, 5) is 30.2. The lowest BCUT2D eigenvalue weighted by Gasteiger charge is -2.06. The number of rotatable bonds is 3. The summed E-state index contributed by atoms with van der Waals surface area (Å²) in [6, 6.07) is 8.44. The monoisotopic (exact) mass is 300 g/mol. The van der Waals surface area contributed by atoms with Gasteiger partial charge in [0.25, 0.3) is 11.5 Å². The Hall–Kier alpha value is -2.59. The lowest BCUT2D eigenvalue weighted by atomic mass is 10.1. The Balaban J connectivity index is 2.56. The normalized spacial score (nSPS) is 9.95. The second kappa shape index (κ2) is 6.24. The van der Waals surface area contributed by atoms with Gasteiger partial charge in [-0.2, -0.15) is 5.26 Å². The molecular weight excluding hydrogens is 288 g/mol. The van der Waals surface area contributed by atoms with Gasteiger partial charge in [0, 0.05) is 18.2 Å². The van der Waals surface area contributed by atoms with Crippen LogP contribution in [0.15, 0.2) is 34.2 Å². The number of amides is 1. The maximum absolute atomic E-state index is 11.9. The molecule has 0 bridgehead atoms. The second-order valence-electron chi connectivity index (χ2n) is 4.07. The fraction of sp³-hybridized carbons (Fsp3) is 0.143. The molecule has 2 N–H and O–H groups in total. The minimum Gasteiger partial charge on any atom is -0.355 e. The van der Waals surface area contributed by atoms with Crippen molar-refractivity contribution in [3.05, 3.63) is 45.7 Å². The average Bonchev–Trinajstić information content (AvgIpc) is 2.53. The molecule has 106 valence electrons. The Morgan fingerprint density at radius 2 is 2.05 bits per heavy atom. The highest BCUT2D eigenvalue weighted by molar-refractivity contribution is 7.98. The van der Waals surface area contributed by atoms with Crippen LogP contribution in [-0.2, 0) is 0 Å². The number of carbonyl (C=O) groups is 1. The van der Waals surface area contributed by atoms with E-state index in [4.69, 9.17) is 5.26 Å². The van der Waals surface area contributed by atoms with E-state index in [0.717, 1.165) is 0 Å². The first-order valence-electron chi connectivity index (χ1n) is 6.01. The van der Waals surface area contributed by atoms with Crippen LogP contribution in [0.25, 0.3) is 11.3 Å². The van der Waals surface area contributed by atoms with Gasteiger partial charge >= 0.3 is 0 Å². The molecular formula is C14H12N4O2S. The lowest BCUT2D eigenvalue weighted by Crippen LogP contribution is -2.17. The molecule has 1 heterocycles. The highest BCUT2D eigenvalue weighted by Crippen LogP contribution is 2.21. The van der Waals surface area contributed by atoms with E-state index in [9.17, 15) is 9.59 Å². The lowest BCUT2D eigenvalue weighted by molar-refractivity contribution is 0.0963. The zero-order chi connectivity index (χ0) is 15.4. The van der Waals surface area contributed by atoms with Gasteiger partial charge < -0.3 is 10.3 Å². The maximum atomic E-state index is 11.9. The number of hydrogen-bond donors (Lipinski definition) is 2. The number of benzene rings is 1. The summed E-state index contributed by atoms with van der Waals surface area (Å²) in [7, 11) is 1.55. The van der Waals surface area contributed by atoms with Crippen LogP contribution < -0.4 is 10.9 Å². The predicted octanol–water partition coefficient (Wildman–Crippen LogP) is 1.39. The first-order chi connectivity index (χ1) is 10.1. The first kappa shape index (κ1) is 14.8. The number of nitriles is 1. The number of H-pyrrole nitrogens is 1. The van der Waals surface area contributed by atoms with Gasteiger partial charge in [-0.15, -0.1) is 0 Å². The third-order valence-electron chi connectivity index (χ3n) is 2.85. The number of aromatic nitrogens is 2. The van der Waals surface area contributed by atoms with Crippen molar-refractivity contribution in [2.45, 2.75) is 5.16 Å². The van der Waals surface area contributed by atoms with Gasteiger partial charge in [-0.05, 0) is 18.4 Å². The van der Waals surface area contributed by atoms with Gasteiger partial charge in [0.05, 0.1) is 5.69 Å². The number of nitrogens with zero attached hydrogens (tertiary/aromatic N) is 2. The molecule has 6 nitrogen and oxygen atoms in total. The van der Waals surface area contributed by atoms with Crippen molar-refractivity contribution < 1.29 is 4.79 Å². The molecule has 0 saturated heterocycles. The van der Waals surface area contributed by atoms with E-state index >= 15 is 0 Å². The van der Waals surface area contributed by atoms with Crippen molar-refractivity contribution in [2.75, 3.05) is 13.3 Å². The summed E-state index contributed by atoms with van der Waals surface area (Å²) < 4.78 is 0. The van der Waals surface area contributed by atoms with Crippen molar-refractivity contribution in [2.24, 2.45) is 0 Å². The fourth-order valence-corrected chi connectivity index (χ4v) is 2.16.